The van der Waals surface area contributed by atoms with Crippen LogP contribution in [0.5, 0.6) is 5.75 Å². The maximum atomic E-state index is 12.9. The predicted octanol–water partition coefficient (Wildman–Crippen LogP) is 4.41. The number of hydrogen-bond acceptors (Lipinski definition) is 2. The summed E-state index contributed by atoms with van der Waals surface area (Å²) in [5, 5.41) is 3.49. The zero-order valence-corrected chi connectivity index (χ0v) is 13.2. The number of carbonyl (C=O) groups is 1. The summed E-state index contributed by atoms with van der Waals surface area (Å²) in [6, 6.07) is 15.2. The SMILES string of the molecule is COc1ccc(Cl)c(NC(=O)C2(c3ccccc3)CCC2)c1. The summed E-state index contributed by atoms with van der Waals surface area (Å²) < 4.78 is 5.19. The van der Waals surface area contributed by atoms with Crippen LogP contribution in [0.3, 0.4) is 0 Å². The molecule has 114 valence electrons. The highest BCUT2D eigenvalue weighted by Crippen LogP contribution is 2.45. The smallest absolute Gasteiger partial charge is 0.235 e. The number of nitrogens with one attached hydrogen (secondary N) is 1. The van der Waals surface area contributed by atoms with Crippen LogP contribution in [0.2, 0.25) is 5.02 Å². The molecule has 0 radical (unpaired) electrons. The Hall–Kier alpha value is -2.00. The van der Waals surface area contributed by atoms with E-state index in [0.717, 1.165) is 24.8 Å². The van der Waals surface area contributed by atoms with E-state index in [-0.39, 0.29) is 5.91 Å². The molecule has 22 heavy (non-hydrogen) atoms. The molecule has 2 aromatic carbocycles. The third-order valence-electron chi connectivity index (χ3n) is 4.39. The van der Waals surface area contributed by atoms with Gasteiger partial charge < -0.3 is 10.1 Å². The van der Waals surface area contributed by atoms with Gasteiger partial charge in [0.25, 0.3) is 0 Å². The maximum Gasteiger partial charge on any atom is 0.235 e. The van der Waals surface area contributed by atoms with Crippen LogP contribution in [-0.2, 0) is 10.2 Å². The second-order valence-electron chi connectivity index (χ2n) is 5.60. The van der Waals surface area contributed by atoms with Gasteiger partial charge in [0.05, 0.1) is 23.2 Å². The monoisotopic (exact) mass is 315 g/mol. The molecule has 1 amide bonds. The van der Waals surface area contributed by atoms with Gasteiger partial charge in [-0.25, -0.2) is 0 Å². The van der Waals surface area contributed by atoms with Gasteiger partial charge in [0.1, 0.15) is 5.75 Å². The number of hydrogen-bond donors (Lipinski definition) is 1. The summed E-state index contributed by atoms with van der Waals surface area (Å²) in [7, 11) is 1.59. The molecule has 0 aromatic heterocycles. The number of rotatable bonds is 4. The van der Waals surface area contributed by atoms with Crippen molar-refractivity contribution in [1.82, 2.24) is 0 Å². The van der Waals surface area contributed by atoms with Crippen LogP contribution in [0.4, 0.5) is 5.69 Å². The van der Waals surface area contributed by atoms with Crippen LogP contribution in [0.1, 0.15) is 24.8 Å². The Morgan fingerprint density at radius 1 is 1.18 bits per heavy atom. The molecule has 0 heterocycles. The van der Waals surface area contributed by atoms with E-state index in [1.807, 2.05) is 30.3 Å². The molecule has 0 unspecified atom stereocenters. The van der Waals surface area contributed by atoms with Crippen molar-refractivity contribution in [2.45, 2.75) is 24.7 Å². The fourth-order valence-electron chi connectivity index (χ4n) is 2.90. The molecular weight excluding hydrogens is 298 g/mol. The number of benzene rings is 2. The molecule has 1 aliphatic carbocycles. The lowest BCUT2D eigenvalue weighted by Crippen LogP contribution is -2.46. The van der Waals surface area contributed by atoms with Crippen molar-refractivity contribution >= 4 is 23.2 Å². The molecule has 2 aromatic rings. The first-order valence-corrected chi connectivity index (χ1v) is 7.74. The number of methoxy groups -OCH3 is 1. The lowest BCUT2D eigenvalue weighted by Gasteiger charge is -2.40. The number of ether oxygens (including phenoxy) is 1. The Balaban J connectivity index is 1.88. The van der Waals surface area contributed by atoms with Crippen molar-refractivity contribution in [3.05, 3.63) is 59.1 Å². The average Bonchev–Trinajstić information content (AvgIpc) is 2.49. The fourth-order valence-corrected chi connectivity index (χ4v) is 3.07. The summed E-state index contributed by atoms with van der Waals surface area (Å²) in [6.45, 7) is 0. The molecule has 1 aliphatic rings. The fraction of sp³-hybridized carbons (Fsp3) is 0.278. The first-order chi connectivity index (χ1) is 10.7. The Labute approximate surface area is 135 Å². The number of carbonyl (C=O) groups excluding carboxylic acids is 1. The van der Waals surface area contributed by atoms with Gasteiger partial charge in [-0.2, -0.15) is 0 Å². The van der Waals surface area contributed by atoms with Crippen molar-refractivity contribution in [1.29, 1.82) is 0 Å². The molecule has 1 saturated carbocycles. The average molecular weight is 316 g/mol. The first-order valence-electron chi connectivity index (χ1n) is 7.36. The highest BCUT2D eigenvalue weighted by Gasteiger charge is 2.45. The summed E-state index contributed by atoms with van der Waals surface area (Å²) in [6.07, 6.45) is 2.79. The second-order valence-corrected chi connectivity index (χ2v) is 6.01. The number of anilines is 1. The van der Waals surface area contributed by atoms with E-state index >= 15 is 0 Å². The van der Waals surface area contributed by atoms with Crippen molar-refractivity contribution < 1.29 is 9.53 Å². The van der Waals surface area contributed by atoms with Gasteiger partial charge in [-0.1, -0.05) is 48.4 Å². The van der Waals surface area contributed by atoms with E-state index in [0.29, 0.717) is 16.5 Å². The van der Waals surface area contributed by atoms with E-state index in [2.05, 4.69) is 5.32 Å². The molecule has 0 aliphatic heterocycles. The Morgan fingerprint density at radius 3 is 2.50 bits per heavy atom. The van der Waals surface area contributed by atoms with Gasteiger partial charge in [-0.05, 0) is 30.5 Å². The lowest BCUT2D eigenvalue weighted by atomic mass is 9.64. The summed E-state index contributed by atoms with van der Waals surface area (Å²) in [5.41, 5.74) is 1.22. The highest BCUT2D eigenvalue weighted by atomic mass is 35.5. The molecule has 0 atom stereocenters. The molecule has 0 bridgehead atoms. The van der Waals surface area contributed by atoms with Crippen LogP contribution in [0.25, 0.3) is 0 Å². The normalized spacial score (nSPS) is 15.7. The standard InChI is InChI=1S/C18H18ClNO2/c1-22-14-8-9-15(19)16(12-14)20-17(21)18(10-5-11-18)13-6-3-2-4-7-13/h2-4,6-9,12H,5,10-11H2,1H3,(H,20,21). The minimum absolute atomic E-state index is 0.0000954. The minimum Gasteiger partial charge on any atom is -0.497 e. The quantitative estimate of drug-likeness (QED) is 0.907. The lowest BCUT2D eigenvalue weighted by molar-refractivity contribution is -0.124. The predicted molar refractivity (Wildman–Crippen MR) is 88.6 cm³/mol. The van der Waals surface area contributed by atoms with Crippen molar-refractivity contribution in [2.24, 2.45) is 0 Å². The molecule has 4 heteroatoms. The van der Waals surface area contributed by atoms with Gasteiger partial charge in [0, 0.05) is 6.07 Å². The summed E-state index contributed by atoms with van der Waals surface area (Å²) >= 11 is 6.18. The van der Waals surface area contributed by atoms with E-state index in [1.165, 1.54) is 0 Å². The second kappa shape index (κ2) is 6.01. The summed E-state index contributed by atoms with van der Waals surface area (Å²) in [4.78, 5) is 12.9. The van der Waals surface area contributed by atoms with Crippen LogP contribution >= 0.6 is 11.6 Å². The zero-order valence-electron chi connectivity index (χ0n) is 12.4. The zero-order chi connectivity index (χ0) is 15.6. The largest absolute Gasteiger partial charge is 0.497 e. The van der Waals surface area contributed by atoms with Gasteiger partial charge in [0.15, 0.2) is 0 Å². The summed E-state index contributed by atoms with van der Waals surface area (Å²) in [5.74, 6) is 0.669. The topological polar surface area (TPSA) is 38.3 Å². The van der Waals surface area contributed by atoms with Crippen molar-refractivity contribution in [3.8, 4) is 5.75 Å². The van der Waals surface area contributed by atoms with Gasteiger partial charge in [-0.15, -0.1) is 0 Å². The third-order valence-corrected chi connectivity index (χ3v) is 4.72. The molecule has 0 saturated heterocycles. The van der Waals surface area contributed by atoms with Gasteiger partial charge in [0.2, 0.25) is 5.91 Å². The van der Waals surface area contributed by atoms with Crippen LogP contribution in [-0.4, -0.2) is 13.0 Å². The third kappa shape index (κ3) is 2.57. The first kappa shape index (κ1) is 14.9. The highest BCUT2D eigenvalue weighted by molar-refractivity contribution is 6.33. The Bertz CT molecular complexity index is 681. The minimum atomic E-state index is -0.437. The van der Waals surface area contributed by atoms with E-state index in [1.54, 1.807) is 25.3 Å². The van der Waals surface area contributed by atoms with Crippen LogP contribution in [0.15, 0.2) is 48.5 Å². The number of amides is 1. The number of halogens is 1. The Kier molecular flexibility index (Phi) is 4.08. The van der Waals surface area contributed by atoms with E-state index < -0.39 is 5.41 Å². The van der Waals surface area contributed by atoms with E-state index in [4.69, 9.17) is 16.3 Å². The van der Waals surface area contributed by atoms with Crippen molar-refractivity contribution in [2.75, 3.05) is 12.4 Å². The van der Waals surface area contributed by atoms with Crippen LogP contribution < -0.4 is 10.1 Å². The van der Waals surface area contributed by atoms with Crippen molar-refractivity contribution in [3.63, 3.8) is 0 Å². The maximum absolute atomic E-state index is 12.9. The van der Waals surface area contributed by atoms with E-state index in [9.17, 15) is 4.79 Å². The molecule has 1 N–H and O–H groups in total. The molecule has 3 rings (SSSR count). The molecule has 0 spiro atoms. The molecular formula is C18H18ClNO2. The Morgan fingerprint density at radius 2 is 1.91 bits per heavy atom. The van der Waals surface area contributed by atoms with Crippen LogP contribution in [0, 0.1) is 0 Å². The molecule has 1 fully saturated rings. The van der Waals surface area contributed by atoms with Gasteiger partial charge in [-0.3, -0.25) is 4.79 Å². The molecule has 3 nitrogen and oxygen atoms in total. The van der Waals surface area contributed by atoms with Gasteiger partial charge >= 0.3 is 0 Å².